The van der Waals surface area contributed by atoms with Crippen molar-refractivity contribution >= 4 is 22.5 Å². The Hall–Kier alpha value is -1.94. The van der Waals surface area contributed by atoms with Crippen LogP contribution in [0.2, 0.25) is 0 Å². The zero-order valence-corrected chi connectivity index (χ0v) is 9.68. The van der Waals surface area contributed by atoms with E-state index in [1.165, 1.54) is 0 Å². The van der Waals surface area contributed by atoms with Crippen molar-refractivity contribution < 1.29 is 4.79 Å². The fourth-order valence-electron chi connectivity index (χ4n) is 1.62. The molecule has 4 heteroatoms. The molecule has 0 radical (unpaired) electrons. The first-order valence-electron chi connectivity index (χ1n) is 5.62. The van der Waals surface area contributed by atoms with Crippen molar-refractivity contribution in [3.63, 3.8) is 0 Å². The van der Waals surface area contributed by atoms with Crippen LogP contribution in [0.25, 0.3) is 10.9 Å². The van der Waals surface area contributed by atoms with Gasteiger partial charge in [0, 0.05) is 11.6 Å². The van der Waals surface area contributed by atoms with Crippen molar-refractivity contribution in [2.75, 3.05) is 5.32 Å². The number of para-hydroxylation sites is 1. The van der Waals surface area contributed by atoms with Gasteiger partial charge in [-0.15, -0.1) is 0 Å². The van der Waals surface area contributed by atoms with Crippen LogP contribution in [0.3, 0.4) is 0 Å². The highest BCUT2D eigenvalue weighted by molar-refractivity contribution is 6.02. The molecule has 0 bridgehead atoms. The van der Waals surface area contributed by atoms with E-state index in [0.29, 0.717) is 12.1 Å². The molecule has 4 nitrogen and oxygen atoms in total. The molecule has 88 valence electrons. The summed E-state index contributed by atoms with van der Waals surface area (Å²) in [5, 5.41) is 3.80. The van der Waals surface area contributed by atoms with Gasteiger partial charge in [0.2, 0.25) is 5.91 Å². The molecule has 0 aliphatic carbocycles. The van der Waals surface area contributed by atoms with Crippen LogP contribution in [0, 0.1) is 0 Å². The number of anilines is 1. The van der Waals surface area contributed by atoms with Crippen molar-refractivity contribution in [1.82, 2.24) is 4.98 Å². The highest BCUT2D eigenvalue weighted by Crippen LogP contribution is 2.20. The lowest BCUT2D eigenvalue weighted by Crippen LogP contribution is -2.34. The number of aromatic nitrogens is 1. The van der Waals surface area contributed by atoms with Crippen LogP contribution in [0.4, 0.5) is 5.69 Å². The summed E-state index contributed by atoms with van der Waals surface area (Å²) in [5.74, 6) is -0.175. The van der Waals surface area contributed by atoms with Gasteiger partial charge >= 0.3 is 0 Å². The number of amides is 1. The molecule has 1 amide bonds. The largest absolute Gasteiger partial charge is 0.323 e. The fourth-order valence-corrected chi connectivity index (χ4v) is 1.62. The number of nitrogens with one attached hydrogen (secondary N) is 1. The van der Waals surface area contributed by atoms with E-state index in [1.54, 1.807) is 6.20 Å². The zero-order valence-electron chi connectivity index (χ0n) is 9.68. The minimum atomic E-state index is -0.478. The highest BCUT2D eigenvalue weighted by Gasteiger charge is 2.12. The second kappa shape index (κ2) is 4.93. The molecule has 2 rings (SSSR count). The van der Waals surface area contributed by atoms with Gasteiger partial charge in [0.1, 0.15) is 0 Å². The molecule has 0 aliphatic rings. The third-order valence-corrected chi connectivity index (χ3v) is 2.67. The number of hydrogen-bond acceptors (Lipinski definition) is 3. The lowest BCUT2D eigenvalue weighted by molar-refractivity contribution is -0.117. The predicted octanol–water partition coefficient (Wildman–Crippen LogP) is 1.91. The van der Waals surface area contributed by atoms with Gasteiger partial charge in [0.15, 0.2) is 0 Å². The molecule has 1 aromatic heterocycles. The second-order valence-electron chi connectivity index (χ2n) is 3.88. The Bertz CT molecular complexity index is 534. The summed E-state index contributed by atoms with van der Waals surface area (Å²) in [4.78, 5) is 16.0. The molecule has 17 heavy (non-hydrogen) atoms. The molecule has 1 aromatic carbocycles. The Kier molecular flexibility index (Phi) is 3.35. The average molecular weight is 229 g/mol. The smallest absolute Gasteiger partial charge is 0.241 e. The third kappa shape index (κ3) is 2.42. The number of nitrogens with zero attached hydrogens (tertiary/aromatic N) is 1. The number of fused-ring (bicyclic) bond motifs is 1. The molecular formula is C13H15N3O. The summed E-state index contributed by atoms with van der Waals surface area (Å²) >= 11 is 0. The van der Waals surface area contributed by atoms with Crippen molar-refractivity contribution in [1.29, 1.82) is 0 Å². The summed E-state index contributed by atoms with van der Waals surface area (Å²) in [5.41, 5.74) is 7.17. The average Bonchev–Trinajstić information content (AvgIpc) is 2.38. The molecule has 0 unspecified atom stereocenters. The number of nitrogens with two attached hydrogens (primary N) is 1. The zero-order chi connectivity index (χ0) is 12.3. The second-order valence-corrected chi connectivity index (χ2v) is 3.88. The summed E-state index contributed by atoms with van der Waals surface area (Å²) in [6.45, 7) is 1.88. The van der Waals surface area contributed by atoms with E-state index >= 15 is 0 Å². The van der Waals surface area contributed by atoms with Crippen molar-refractivity contribution in [3.8, 4) is 0 Å². The Morgan fingerprint density at radius 2 is 2.18 bits per heavy atom. The van der Waals surface area contributed by atoms with Gasteiger partial charge in [-0.05, 0) is 18.6 Å². The molecule has 0 aliphatic heterocycles. The first kappa shape index (κ1) is 11.5. The predicted molar refractivity (Wildman–Crippen MR) is 68.6 cm³/mol. The Morgan fingerprint density at radius 3 is 2.94 bits per heavy atom. The third-order valence-electron chi connectivity index (χ3n) is 2.67. The first-order valence-corrected chi connectivity index (χ1v) is 5.62. The van der Waals surface area contributed by atoms with Gasteiger partial charge in [-0.1, -0.05) is 25.1 Å². The molecule has 0 spiro atoms. The van der Waals surface area contributed by atoms with Crippen LogP contribution >= 0.6 is 0 Å². The summed E-state index contributed by atoms with van der Waals surface area (Å²) in [7, 11) is 0. The van der Waals surface area contributed by atoms with Crippen LogP contribution in [0.1, 0.15) is 13.3 Å². The maximum atomic E-state index is 11.7. The van der Waals surface area contributed by atoms with Gasteiger partial charge in [0.25, 0.3) is 0 Å². The Labute approximate surface area is 99.8 Å². The number of rotatable bonds is 3. The van der Waals surface area contributed by atoms with Crippen molar-refractivity contribution in [2.24, 2.45) is 5.73 Å². The van der Waals surface area contributed by atoms with E-state index in [-0.39, 0.29) is 5.91 Å². The Balaban J connectivity index is 2.33. The van der Waals surface area contributed by atoms with Crippen LogP contribution in [0.5, 0.6) is 0 Å². The van der Waals surface area contributed by atoms with Gasteiger partial charge in [-0.2, -0.15) is 0 Å². The van der Waals surface area contributed by atoms with Gasteiger partial charge in [-0.25, -0.2) is 0 Å². The topological polar surface area (TPSA) is 68.0 Å². The summed E-state index contributed by atoms with van der Waals surface area (Å²) in [6.07, 6.45) is 2.32. The van der Waals surface area contributed by atoms with Gasteiger partial charge in [0.05, 0.1) is 17.2 Å². The van der Waals surface area contributed by atoms with Crippen molar-refractivity contribution in [3.05, 3.63) is 36.5 Å². The first-order chi connectivity index (χ1) is 8.22. The molecule has 0 saturated heterocycles. The molecule has 1 atom stereocenters. The molecule has 3 N–H and O–H groups in total. The summed E-state index contributed by atoms with van der Waals surface area (Å²) < 4.78 is 0. The number of hydrogen-bond donors (Lipinski definition) is 2. The van der Waals surface area contributed by atoms with Crippen molar-refractivity contribution in [2.45, 2.75) is 19.4 Å². The van der Waals surface area contributed by atoms with E-state index < -0.39 is 6.04 Å². The van der Waals surface area contributed by atoms with E-state index in [2.05, 4.69) is 10.3 Å². The monoisotopic (exact) mass is 229 g/mol. The number of carbonyl (C=O) groups is 1. The molecular weight excluding hydrogens is 214 g/mol. The highest BCUT2D eigenvalue weighted by atomic mass is 16.2. The number of benzene rings is 1. The normalized spacial score (nSPS) is 12.4. The van der Waals surface area contributed by atoms with Gasteiger partial charge in [-0.3, -0.25) is 9.78 Å². The SMILES string of the molecule is CC[C@H](N)C(=O)Nc1cccc2cccnc12. The summed E-state index contributed by atoms with van der Waals surface area (Å²) in [6, 6.07) is 9.02. The lowest BCUT2D eigenvalue weighted by atomic mass is 10.1. The molecule has 1 heterocycles. The van der Waals surface area contributed by atoms with Crippen LogP contribution in [-0.2, 0) is 4.79 Å². The van der Waals surface area contributed by atoms with E-state index in [9.17, 15) is 4.79 Å². The standard InChI is InChI=1S/C13H15N3O/c1-2-10(14)13(17)16-11-7-3-5-9-6-4-8-15-12(9)11/h3-8,10H,2,14H2,1H3,(H,16,17)/t10-/m0/s1. The van der Waals surface area contributed by atoms with Crippen LogP contribution in [0.15, 0.2) is 36.5 Å². The minimum Gasteiger partial charge on any atom is -0.323 e. The lowest BCUT2D eigenvalue weighted by Gasteiger charge is -2.11. The fraction of sp³-hybridized carbons (Fsp3) is 0.231. The van der Waals surface area contributed by atoms with E-state index in [4.69, 9.17) is 5.73 Å². The van der Waals surface area contributed by atoms with Crippen LogP contribution in [-0.4, -0.2) is 16.9 Å². The maximum absolute atomic E-state index is 11.7. The van der Waals surface area contributed by atoms with E-state index in [1.807, 2.05) is 37.3 Å². The number of carbonyl (C=O) groups excluding carboxylic acids is 1. The Morgan fingerprint density at radius 1 is 1.41 bits per heavy atom. The minimum absolute atomic E-state index is 0.175. The molecule has 0 fully saturated rings. The maximum Gasteiger partial charge on any atom is 0.241 e. The van der Waals surface area contributed by atoms with E-state index in [0.717, 1.165) is 10.9 Å². The van der Waals surface area contributed by atoms with Crippen LogP contribution < -0.4 is 11.1 Å². The number of pyridine rings is 1. The quantitative estimate of drug-likeness (QED) is 0.844. The van der Waals surface area contributed by atoms with Gasteiger partial charge < -0.3 is 11.1 Å². The molecule has 2 aromatic rings. The molecule has 0 saturated carbocycles.